The van der Waals surface area contributed by atoms with Crippen molar-refractivity contribution in [3.8, 4) is 0 Å². The fraction of sp³-hybridized carbons (Fsp3) is 0.0909. The second kappa shape index (κ2) is 5.16. The van der Waals surface area contributed by atoms with Crippen molar-refractivity contribution in [2.45, 2.75) is 6.18 Å². The Labute approximate surface area is 113 Å². The van der Waals surface area contributed by atoms with Crippen LogP contribution in [0.15, 0.2) is 23.7 Å². The molecule has 1 aromatic carbocycles. The molecule has 9 heteroatoms. The molecule has 0 fully saturated rings. The molecule has 1 amide bonds. The van der Waals surface area contributed by atoms with E-state index in [1.54, 1.807) is 0 Å². The lowest BCUT2D eigenvalue weighted by molar-refractivity contribution is -0.141. The van der Waals surface area contributed by atoms with Crippen LogP contribution < -0.4 is 5.32 Å². The van der Waals surface area contributed by atoms with Gasteiger partial charge in [0.25, 0.3) is 5.91 Å². The van der Waals surface area contributed by atoms with Crippen molar-refractivity contribution >= 4 is 22.9 Å². The molecule has 1 heterocycles. The van der Waals surface area contributed by atoms with Gasteiger partial charge in [0.15, 0.2) is 5.69 Å². The first kappa shape index (κ1) is 14.4. The number of halogens is 5. The first-order chi connectivity index (χ1) is 9.29. The summed E-state index contributed by atoms with van der Waals surface area (Å²) >= 11 is 0.454. The van der Waals surface area contributed by atoms with Crippen LogP contribution in [-0.2, 0) is 6.18 Å². The molecule has 0 saturated carbocycles. The number of anilines is 1. The summed E-state index contributed by atoms with van der Waals surface area (Å²) < 4.78 is 63.9. The monoisotopic (exact) mass is 308 g/mol. The van der Waals surface area contributed by atoms with E-state index in [-0.39, 0.29) is 0 Å². The molecular formula is C11H5F5N2OS. The van der Waals surface area contributed by atoms with Crippen molar-refractivity contribution in [2.24, 2.45) is 0 Å². The third-order valence-corrected chi connectivity index (χ3v) is 3.04. The summed E-state index contributed by atoms with van der Waals surface area (Å²) in [5, 5.41) is 1.88. The Hall–Kier alpha value is -2.03. The Balaban J connectivity index is 2.30. The predicted molar refractivity (Wildman–Crippen MR) is 61.4 cm³/mol. The normalized spacial score (nSPS) is 11.4. The summed E-state index contributed by atoms with van der Waals surface area (Å²) in [6, 6.07) is 2.24. The van der Waals surface area contributed by atoms with Gasteiger partial charge in [-0.15, -0.1) is 11.3 Å². The lowest BCUT2D eigenvalue weighted by Crippen LogP contribution is -2.17. The van der Waals surface area contributed by atoms with Crippen molar-refractivity contribution in [1.82, 2.24) is 4.98 Å². The van der Waals surface area contributed by atoms with Crippen LogP contribution in [0.25, 0.3) is 0 Å². The highest BCUT2D eigenvalue weighted by atomic mass is 32.1. The molecular weight excluding hydrogens is 303 g/mol. The number of aromatic nitrogens is 1. The van der Waals surface area contributed by atoms with Crippen LogP contribution in [0.3, 0.4) is 0 Å². The Bertz CT molecular complexity index is 653. The van der Waals surface area contributed by atoms with E-state index < -0.39 is 40.0 Å². The van der Waals surface area contributed by atoms with Crippen LogP contribution in [0, 0.1) is 11.6 Å². The highest BCUT2D eigenvalue weighted by Crippen LogP contribution is 2.33. The van der Waals surface area contributed by atoms with Crippen LogP contribution in [0.1, 0.15) is 15.4 Å². The summed E-state index contributed by atoms with van der Waals surface area (Å²) in [4.78, 5) is 14.0. The Morgan fingerprint density at radius 1 is 1.25 bits per heavy atom. The number of alkyl halides is 3. The molecule has 3 nitrogen and oxygen atoms in total. The zero-order valence-corrected chi connectivity index (χ0v) is 10.3. The molecule has 0 bridgehead atoms. The quantitative estimate of drug-likeness (QED) is 0.860. The van der Waals surface area contributed by atoms with E-state index in [4.69, 9.17) is 0 Å². The van der Waals surface area contributed by atoms with E-state index in [0.717, 1.165) is 17.6 Å². The molecule has 2 aromatic rings. The maximum Gasteiger partial charge on any atom is 0.434 e. The molecule has 1 N–H and O–H groups in total. The zero-order chi connectivity index (χ0) is 14.9. The maximum atomic E-state index is 13.3. The molecule has 0 unspecified atom stereocenters. The SMILES string of the molecule is O=C(Nc1cc(F)ccc1F)c1scnc1C(F)(F)F. The number of hydrogen-bond donors (Lipinski definition) is 1. The fourth-order valence-corrected chi connectivity index (χ4v) is 2.08. The number of amides is 1. The van der Waals surface area contributed by atoms with Crippen LogP contribution in [-0.4, -0.2) is 10.9 Å². The zero-order valence-electron chi connectivity index (χ0n) is 9.46. The smallest absolute Gasteiger partial charge is 0.319 e. The summed E-state index contributed by atoms with van der Waals surface area (Å²) in [6.45, 7) is 0. The number of nitrogens with one attached hydrogen (secondary N) is 1. The van der Waals surface area contributed by atoms with Crippen LogP contribution in [0.5, 0.6) is 0 Å². The van der Waals surface area contributed by atoms with Crippen LogP contribution in [0.2, 0.25) is 0 Å². The maximum absolute atomic E-state index is 13.3. The van der Waals surface area contributed by atoms with E-state index in [1.165, 1.54) is 0 Å². The summed E-state index contributed by atoms with van der Waals surface area (Å²) in [5.41, 5.74) is -1.06. The fourth-order valence-electron chi connectivity index (χ4n) is 1.38. The summed E-state index contributed by atoms with van der Waals surface area (Å²) in [6.07, 6.45) is -4.80. The molecule has 0 radical (unpaired) electrons. The topological polar surface area (TPSA) is 42.0 Å². The van der Waals surface area contributed by atoms with Gasteiger partial charge in [-0.25, -0.2) is 13.8 Å². The minimum Gasteiger partial charge on any atom is -0.319 e. The molecule has 2 rings (SSSR count). The standard InChI is InChI=1S/C11H5F5N2OS/c12-5-1-2-6(13)7(3-5)18-10(19)8-9(11(14,15)16)17-4-20-8/h1-4H,(H,18,19). The average molecular weight is 308 g/mol. The van der Waals surface area contributed by atoms with Crippen LogP contribution >= 0.6 is 11.3 Å². The molecule has 0 aliphatic rings. The van der Waals surface area contributed by atoms with Gasteiger partial charge >= 0.3 is 6.18 Å². The van der Waals surface area contributed by atoms with Crippen LogP contribution in [0.4, 0.5) is 27.6 Å². The van der Waals surface area contributed by atoms with E-state index in [1.807, 2.05) is 5.32 Å². The Morgan fingerprint density at radius 3 is 2.60 bits per heavy atom. The van der Waals surface area contributed by atoms with E-state index in [2.05, 4.69) is 4.98 Å². The summed E-state index contributed by atoms with van der Waals surface area (Å²) in [5.74, 6) is -3.00. The van der Waals surface area contributed by atoms with Gasteiger partial charge in [-0.1, -0.05) is 0 Å². The molecule has 0 saturated heterocycles. The highest BCUT2D eigenvalue weighted by Gasteiger charge is 2.38. The number of thiazole rings is 1. The Kier molecular flexibility index (Phi) is 3.71. The number of nitrogens with zero attached hydrogens (tertiary/aromatic N) is 1. The average Bonchev–Trinajstić information content (AvgIpc) is 2.82. The molecule has 106 valence electrons. The predicted octanol–water partition coefficient (Wildman–Crippen LogP) is 3.69. The molecule has 20 heavy (non-hydrogen) atoms. The number of rotatable bonds is 2. The van der Waals surface area contributed by atoms with Crippen molar-refractivity contribution in [3.05, 3.63) is 45.9 Å². The van der Waals surface area contributed by atoms with Gasteiger partial charge in [0.2, 0.25) is 0 Å². The first-order valence-electron chi connectivity index (χ1n) is 5.06. The molecule has 1 aromatic heterocycles. The molecule has 0 aliphatic carbocycles. The number of hydrogen-bond acceptors (Lipinski definition) is 3. The largest absolute Gasteiger partial charge is 0.434 e. The van der Waals surface area contributed by atoms with E-state index >= 15 is 0 Å². The van der Waals surface area contributed by atoms with E-state index in [9.17, 15) is 26.7 Å². The third-order valence-electron chi connectivity index (χ3n) is 2.22. The van der Waals surface area contributed by atoms with Gasteiger partial charge in [0, 0.05) is 6.07 Å². The van der Waals surface area contributed by atoms with Gasteiger partial charge in [-0.2, -0.15) is 13.2 Å². The Morgan fingerprint density at radius 2 is 1.95 bits per heavy atom. The molecule has 0 spiro atoms. The second-order valence-electron chi connectivity index (χ2n) is 3.61. The van der Waals surface area contributed by atoms with Crippen molar-refractivity contribution in [2.75, 3.05) is 5.32 Å². The van der Waals surface area contributed by atoms with Crippen molar-refractivity contribution < 1.29 is 26.7 Å². The molecule has 0 aliphatic heterocycles. The van der Waals surface area contributed by atoms with Crippen molar-refractivity contribution in [3.63, 3.8) is 0 Å². The number of carbonyl (C=O) groups excluding carboxylic acids is 1. The summed E-state index contributed by atoms with van der Waals surface area (Å²) in [7, 11) is 0. The third kappa shape index (κ3) is 2.93. The van der Waals surface area contributed by atoms with Crippen molar-refractivity contribution in [1.29, 1.82) is 0 Å². The number of carbonyl (C=O) groups is 1. The minimum absolute atomic E-state index is 0.454. The van der Waals surface area contributed by atoms with E-state index in [0.29, 0.717) is 17.4 Å². The van der Waals surface area contributed by atoms with Gasteiger partial charge < -0.3 is 5.32 Å². The second-order valence-corrected chi connectivity index (χ2v) is 4.46. The lowest BCUT2D eigenvalue weighted by Gasteiger charge is -2.08. The van der Waals surface area contributed by atoms with Gasteiger partial charge in [-0.05, 0) is 12.1 Å². The van der Waals surface area contributed by atoms with Gasteiger partial charge in [0.1, 0.15) is 16.5 Å². The first-order valence-corrected chi connectivity index (χ1v) is 5.94. The number of benzene rings is 1. The van der Waals surface area contributed by atoms with Gasteiger partial charge in [0.05, 0.1) is 11.2 Å². The van der Waals surface area contributed by atoms with Gasteiger partial charge in [-0.3, -0.25) is 4.79 Å². The molecule has 0 atom stereocenters. The highest BCUT2D eigenvalue weighted by molar-refractivity contribution is 7.12. The lowest BCUT2D eigenvalue weighted by atomic mass is 10.2. The minimum atomic E-state index is -4.80.